The lowest BCUT2D eigenvalue weighted by atomic mass is 9.52. The first-order valence-electron chi connectivity index (χ1n) is 13.5. The molecule has 0 radical (unpaired) electrons. The van der Waals surface area contributed by atoms with Gasteiger partial charge in [0.25, 0.3) is 0 Å². The molecular weight excluding hydrogens is 412 g/mol. The molecule has 3 aliphatic rings. The van der Waals surface area contributed by atoms with Crippen LogP contribution in [0.1, 0.15) is 108 Å². The lowest BCUT2D eigenvalue weighted by Crippen LogP contribution is -2.48. The number of rotatable bonds is 10. The van der Waals surface area contributed by atoms with E-state index < -0.39 is 0 Å². The number of fused-ring (bicyclic) bond motifs is 5. The van der Waals surface area contributed by atoms with Gasteiger partial charge in [0.05, 0.1) is 0 Å². The molecule has 4 rings (SSSR count). The minimum Gasteiger partial charge on any atom is -0.508 e. The maximum atomic E-state index is 11.8. The molecule has 4 heteroatoms. The lowest BCUT2D eigenvalue weighted by Gasteiger charge is -2.53. The van der Waals surface area contributed by atoms with Crippen LogP contribution in [-0.2, 0) is 16.0 Å². The monoisotopic (exact) mass is 456 g/mol. The van der Waals surface area contributed by atoms with Crippen LogP contribution in [0.5, 0.6) is 5.75 Å². The van der Waals surface area contributed by atoms with E-state index in [1.54, 1.807) is 6.92 Å². The number of aliphatic hydroxyl groups excluding tert-OH is 1. The maximum Gasteiger partial charge on any atom is 0.302 e. The second kappa shape index (κ2) is 10.8. The van der Waals surface area contributed by atoms with E-state index in [-0.39, 0.29) is 17.5 Å². The molecule has 0 saturated heterocycles. The van der Waals surface area contributed by atoms with Crippen LogP contribution in [-0.4, -0.2) is 28.9 Å². The summed E-state index contributed by atoms with van der Waals surface area (Å²) >= 11 is 0. The zero-order valence-electron chi connectivity index (χ0n) is 20.7. The van der Waals surface area contributed by atoms with Crippen molar-refractivity contribution in [3.05, 3.63) is 29.3 Å². The topological polar surface area (TPSA) is 66.8 Å². The van der Waals surface area contributed by atoms with Crippen LogP contribution in [0.4, 0.5) is 0 Å². The summed E-state index contributed by atoms with van der Waals surface area (Å²) < 4.78 is 5.85. The predicted molar refractivity (Wildman–Crippen MR) is 131 cm³/mol. The molecule has 0 bridgehead atoms. The molecule has 1 aromatic rings. The minimum absolute atomic E-state index is 0.0711. The van der Waals surface area contributed by atoms with Gasteiger partial charge in [-0.2, -0.15) is 0 Å². The third-order valence-electron chi connectivity index (χ3n) is 9.34. The molecule has 2 fully saturated rings. The van der Waals surface area contributed by atoms with Crippen molar-refractivity contribution < 1.29 is 19.7 Å². The molecular formula is C29H44O4. The fourth-order valence-corrected chi connectivity index (χ4v) is 7.81. The Balaban J connectivity index is 1.46. The minimum atomic E-state index is -0.135. The summed E-state index contributed by atoms with van der Waals surface area (Å²) in [6.45, 7) is 4.27. The highest BCUT2D eigenvalue weighted by Gasteiger charge is 2.57. The van der Waals surface area contributed by atoms with Crippen molar-refractivity contribution in [2.24, 2.45) is 23.2 Å². The van der Waals surface area contributed by atoms with E-state index in [1.165, 1.54) is 56.1 Å². The number of hydrogen-bond donors (Lipinski definition) is 2. The van der Waals surface area contributed by atoms with Crippen LogP contribution in [0.25, 0.3) is 0 Å². The van der Waals surface area contributed by atoms with E-state index in [4.69, 9.17) is 9.84 Å². The summed E-state index contributed by atoms with van der Waals surface area (Å²) in [5.41, 5.74) is 2.94. The van der Waals surface area contributed by atoms with Crippen LogP contribution in [0.3, 0.4) is 0 Å². The van der Waals surface area contributed by atoms with Gasteiger partial charge in [0, 0.05) is 18.9 Å². The largest absolute Gasteiger partial charge is 0.508 e. The van der Waals surface area contributed by atoms with Gasteiger partial charge < -0.3 is 14.9 Å². The molecule has 6 atom stereocenters. The van der Waals surface area contributed by atoms with Crippen molar-refractivity contribution in [2.75, 3.05) is 6.61 Å². The van der Waals surface area contributed by atoms with Crippen LogP contribution >= 0.6 is 0 Å². The first-order valence-corrected chi connectivity index (χ1v) is 13.5. The van der Waals surface area contributed by atoms with Crippen molar-refractivity contribution in [1.82, 2.24) is 0 Å². The Morgan fingerprint density at radius 1 is 1.06 bits per heavy atom. The highest BCUT2D eigenvalue weighted by atomic mass is 16.5. The second-order valence-electron chi connectivity index (χ2n) is 11.3. The Morgan fingerprint density at radius 2 is 1.79 bits per heavy atom. The zero-order valence-corrected chi connectivity index (χ0v) is 20.7. The van der Waals surface area contributed by atoms with E-state index in [0.29, 0.717) is 36.0 Å². The van der Waals surface area contributed by atoms with Crippen molar-refractivity contribution in [3.63, 3.8) is 0 Å². The van der Waals surface area contributed by atoms with Crippen LogP contribution in [0.15, 0.2) is 18.2 Å². The molecule has 3 aliphatic carbocycles. The molecule has 1 aromatic carbocycles. The highest BCUT2D eigenvalue weighted by Crippen LogP contribution is 2.63. The molecule has 0 amide bonds. The fraction of sp³-hybridized carbons (Fsp3) is 0.759. The fourth-order valence-electron chi connectivity index (χ4n) is 7.81. The Hall–Kier alpha value is -1.55. The molecule has 184 valence electrons. The Kier molecular flexibility index (Phi) is 8.04. The van der Waals surface area contributed by atoms with Gasteiger partial charge in [-0.15, -0.1) is 0 Å². The van der Waals surface area contributed by atoms with Gasteiger partial charge in [0.15, 0.2) is 0 Å². The van der Waals surface area contributed by atoms with Crippen molar-refractivity contribution in [1.29, 1.82) is 0 Å². The van der Waals surface area contributed by atoms with Crippen molar-refractivity contribution in [2.45, 2.75) is 109 Å². The van der Waals surface area contributed by atoms with Gasteiger partial charge >= 0.3 is 5.97 Å². The van der Waals surface area contributed by atoms with E-state index >= 15 is 0 Å². The predicted octanol–water partition coefficient (Wildman–Crippen LogP) is 6.52. The summed E-state index contributed by atoms with van der Waals surface area (Å²) in [4.78, 5) is 11.8. The van der Waals surface area contributed by atoms with Crippen molar-refractivity contribution >= 4 is 5.97 Å². The third kappa shape index (κ3) is 5.26. The number of carbonyl (C=O) groups excluding carboxylic acids is 1. The van der Waals surface area contributed by atoms with E-state index in [2.05, 4.69) is 13.0 Å². The number of benzene rings is 1. The molecule has 2 N–H and O–H groups in total. The molecule has 0 unspecified atom stereocenters. The van der Waals surface area contributed by atoms with Crippen molar-refractivity contribution in [3.8, 4) is 5.75 Å². The standard InChI is InChI=1S/C29H44O4/c1-20(31)33-27-14-13-26-28-21(10-8-6-4-3-5-7-9-17-30)18-22-19-23(32)11-12-24(22)25(28)15-16-29(26,27)2/h11-12,19,21,25-28,30,32H,3-10,13-18H2,1-2H3/t21-,25-,26+,27+,28-,29+/m1/s1. The average molecular weight is 457 g/mol. The summed E-state index contributed by atoms with van der Waals surface area (Å²) in [6, 6.07) is 6.08. The Labute approximate surface area is 200 Å². The molecule has 4 nitrogen and oxygen atoms in total. The van der Waals surface area contributed by atoms with Gasteiger partial charge in [-0.1, -0.05) is 51.5 Å². The van der Waals surface area contributed by atoms with E-state index in [1.807, 2.05) is 12.1 Å². The van der Waals surface area contributed by atoms with Gasteiger partial charge in [-0.3, -0.25) is 4.79 Å². The molecule has 0 aromatic heterocycles. The smallest absolute Gasteiger partial charge is 0.302 e. The Morgan fingerprint density at radius 3 is 2.52 bits per heavy atom. The Bertz CT molecular complexity index is 805. The van der Waals surface area contributed by atoms with Gasteiger partial charge in [0.2, 0.25) is 0 Å². The number of aromatic hydroxyl groups is 1. The SMILES string of the molecule is CC(=O)O[C@H]1CC[C@H]2[C@@H]3[C@H](CCCCCCCCCO)Cc4cc(O)ccc4[C@H]3CC[C@]12C. The number of ether oxygens (including phenoxy) is 1. The number of phenolic OH excluding ortho intramolecular Hbond substituents is 1. The lowest BCUT2D eigenvalue weighted by molar-refractivity contribution is -0.155. The zero-order chi connectivity index (χ0) is 23.4. The first kappa shape index (κ1) is 24.6. The summed E-state index contributed by atoms with van der Waals surface area (Å²) in [6.07, 6.45) is 15.3. The number of aliphatic hydroxyl groups is 1. The van der Waals surface area contributed by atoms with Crippen LogP contribution in [0, 0.1) is 23.2 Å². The highest BCUT2D eigenvalue weighted by molar-refractivity contribution is 5.66. The summed E-state index contributed by atoms with van der Waals surface area (Å²) in [5, 5.41) is 19.1. The summed E-state index contributed by atoms with van der Waals surface area (Å²) in [7, 11) is 0. The number of hydrogen-bond acceptors (Lipinski definition) is 4. The quantitative estimate of drug-likeness (QED) is 0.311. The van der Waals surface area contributed by atoms with Gasteiger partial charge in [0.1, 0.15) is 11.9 Å². The molecule has 0 heterocycles. The second-order valence-corrected chi connectivity index (χ2v) is 11.3. The number of phenols is 1. The van der Waals surface area contributed by atoms with E-state index in [0.717, 1.165) is 38.5 Å². The van der Waals surface area contributed by atoms with Crippen LogP contribution in [0.2, 0.25) is 0 Å². The van der Waals surface area contributed by atoms with Gasteiger partial charge in [-0.25, -0.2) is 0 Å². The first-order chi connectivity index (χ1) is 15.9. The maximum absolute atomic E-state index is 11.8. The average Bonchev–Trinajstić information content (AvgIpc) is 3.10. The number of esters is 1. The third-order valence-corrected chi connectivity index (χ3v) is 9.34. The number of unbranched alkanes of at least 4 members (excludes halogenated alkanes) is 6. The normalized spacial score (nSPS) is 32.6. The molecule has 2 saturated carbocycles. The van der Waals surface area contributed by atoms with Crippen LogP contribution < -0.4 is 0 Å². The number of carbonyl (C=O) groups is 1. The molecule has 0 aliphatic heterocycles. The van der Waals surface area contributed by atoms with E-state index in [9.17, 15) is 9.90 Å². The molecule has 33 heavy (non-hydrogen) atoms. The summed E-state index contributed by atoms with van der Waals surface area (Å²) in [5.74, 6) is 2.76. The van der Waals surface area contributed by atoms with Gasteiger partial charge in [-0.05, 0) is 91.9 Å². The molecule has 0 spiro atoms.